The fourth-order valence-corrected chi connectivity index (χ4v) is 1.97. The van der Waals surface area contributed by atoms with Crippen LogP contribution in [0.4, 0.5) is 0 Å². The Hall–Kier alpha value is -2.36. The number of nitrogens with zero attached hydrogens (tertiary/aromatic N) is 2. The van der Waals surface area contributed by atoms with Crippen LogP contribution >= 0.6 is 0 Å². The zero-order valence-corrected chi connectivity index (χ0v) is 11.3. The Balaban J connectivity index is 1.91. The van der Waals surface area contributed by atoms with Crippen LogP contribution in [0.15, 0.2) is 48.8 Å². The first kappa shape index (κ1) is 14.1. The van der Waals surface area contributed by atoms with Gasteiger partial charge in [0.1, 0.15) is 11.4 Å². The van der Waals surface area contributed by atoms with Crippen LogP contribution < -0.4 is 0 Å². The second-order valence-electron chi connectivity index (χ2n) is 4.79. The molecule has 2 aromatic heterocycles. The number of pyridine rings is 2. The number of Topliss-reactive ketones (excluding diaryl/α,β-unsaturated/α-hetero) is 2. The summed E-state index contributed by atoms with van der Waals surface area (Å²) in [6.45, 7) is 1.89. The van der Waals surface area contributed by atoms with Crippen LogP contribution in [0.3, 0.4) is 0 Å². The summed E-state index contributed by atoms with van der Waals surface area (Å²) in [6, 6.07) is 10.5. The first-order chi connectivity index (χ1) is 9.66. The van der Waals surface area contributed by atoms with Crippen LogP contribution in [0.25, 0.3) is 0 Å². The van der Waals surface area contributed by atoms with Gasteiger partial charge in [-0.2, -0.15) is 0 Å². The van der Waals surface area contributed by atoms with Crippen molar-refractivity contribution in [1.82, 2.24) is 9.97 Å². The zero-order chi connectivity index (χ0) is 14.4. The van der Waals surface area contributed by atoms with E-state index >= 15 is 0 Å². The highest BCUT2D eigenvalue weighted by Crippen LogP contribution is 2.14. The molecule has 0 spiro atoms. The van der Waals surface area contributed by atoms with Crippen LogP contribution in [0.2, 0.25) is 0 Å². The van der Waals surface area contributed by atoms with Crippen LogP contribution in [0.5, 0.6) is 0 Å². The molecule has 2 aromatic rings. The molecule has 0 atom stereocenters. The molecule has 0 amide bonds. The SMILES string of the molecule is CC(CC(=O)c1ccccn1)CC(=O)c1ccccn1. The molecule has 0 bridgehead atoms. The second kappa shape index (κ2) is 6.70. The fraction of sp³-hybridized carbons (Fsp3) is 0.250. The molecule has 0 aliphatic carbocycles. The summed E-state index contributed by atoms with van der Waals surface area (Å²) < 4.78 is 0. The van der Waals surface area contributed by atoms with Gasteiger partial charge in [-0.1, -0.05) is 19.1 Å². The van der Waals surface area contributed by atoms with Crippen molar-refractivity contribution in [2.24, 2.45) is 5.92 Å². The summed E-state index contributed by atoms with van der Waals surface area (Å²) in [7, 11) is 0. The molecular formula is C16H16N2O2. The predicted octanol–water partition coefficient (Wildman–Crippen LogP) is 2.96. The molecule has 0 aliphatic rings. The van der Waals surface area contributed by atoms with Gasteiger partial charge >= 0.3 is 0 Å². The smallest absolute Gasteiger partial charge is 0.181 e. The summed E-state index contributed by atoms with van der Waals surface area (Å²) in [5, 5.41) is 0. The topological polar surface area (TPSA) is 59.9 Å². The molecule has 0 N–H and O–H groups in total. The molecule has 2 rings (SSSR count). The van der Waals surface area contributed by atoms with E-state index in [0.717, 1.165) is 0 Å². The lowest BCUT2D eigenvalue weighted by molar-refractivity contribution is 0.0923. The highest BCUT2D eigenvalue weighted by atomic mass is 16.1. The first-order valence-corrected chi connectivity index (χ1v) is 6.55. The van der Waals surface area contributed by atoms with Gasteiger partial charge in [0.2, 0.25) is 0 Å². The van der Waals surface area contributed by atoms with E-state index in [1.165, 1.54) is 0 Å². The van der Waals surface area contributed by atoms with E-state index in [1.54, 1.807) is 48.8 Å². The van der Waals surface area contributed by atoms with E-state index in [9.17, 15) is 9.59 Å². The Bertz CT molecular complexity index is 528. The lowest BCUT2D eigenvalue weighted by Gasteiger charge is -2.09. The number of rotatable bonds is 6. The maximum Gasteiger partial charge on any atom is 0.181 e. The second-order valence-corrected chi connectivity index (χ2v) is 4.79. The van der Waals surface area contributed by atoms with Crippen molar-refractivity contribution in [1.29, 1.82) is 0 Å². The molecule has 0 unspecified atom stereocenters. The number of ketones is 2. The molecule has 0 radical (unpaired) electrons. The molecule has 2 heterocycles. The molecule has 0 fully saturated rings. The zero-order valence-electron chi connectivity index (χ0n) is 11.3. The van der Waals surface area contributed by atoms with Crippen molar-refractivity contribution in [2.45, 2.75) is 19.8 Å². The van der Waals surface area contributed by atoms with Gasteiger partial charge < -0.3 is 0 Å². The first-order valence-electron chi connectivity index (χ1n) is 6.55. The van der Waals surface area contributed by atoms with Crippen molar-refractivity contribution in [3.63, 3.8) is 0 Å². The standard InChI is InChI=1S/C16H16N2O2/c1-12(10-15(19)13-6-2-4-8-17-13)11-16(20)14-7-3-5-9-18-14/h2-9,12H,10-11H2,1H3. The highest BCUT2D eigenvalue weighted by molar-refractivity contribution is 5.96. The Morgan fingerprint density at radius 2 is 1.35 bits per heavy atom. The molecule has 4 nitrogen and oxygen atoms in total. The van der Waals surface area contributed by atoms with Gasteiger partial charge in [-0.25, -0.2) is 0 Å². The van der Waals surface area contributed by atoms with Crippen molar-refractivity contribution >= 4 is 11.6 Å². The van der Waals surface area contributed by atoms with Gasteiger partial charge in [-0.15, -0.1) is 0 Å². The third kappa shape index (κ3) is 3.82. The minimum absolute atomic E-state index is 0.0287. The van der Waals surface area contributed by atoms with E-state index in [-0.39, 0.29) is 17.5 Å². The number of aromatic nitrogens is 2. The van der Waals surface area contributed by atoms with Crippen LogP contribution in [0.1, 0.15) is 40.7 Å². The van der Waals surface area contributed by atoms with Crippen molar-refractivity contribution in [2.75, 3.05) is 0 Å². The lowest BCUT2D eigenvalue weighted by atomic mass is 9.96. The highest BCUT2D eigenvalue weighted by Gasteiger charge is 2.16. The third-order valence-corrected chi connectivity index (χ3v) is 2.97. The maximum absolute atomic E-state index is 12.0. The van der Waals surface area contributed by atoms with Crippen LogP contribution in [-0.2, 0) is 0 Å². The monoisotopic (exact) mass is 268 g/mol. The number of carbonyl (C=O) groups excluding carboxylic acids is 2. The van der Waals surface area contributed by atoms with E-state index in [0.29, 0.717) is 24.2 Å². The molecule has 0 saturated heterocycles. The van der Waals surface area contributed by atoms with Crippen LogP contribution in [-0.4, -0.2) is 21.5 Å². The molecule has 20 heavy (non-hydrogen) atoms. The Kier molecular flexibility index (Phi) is 4.71. The Morgan fingerprint density at radius 1 is 0.900 bits per heavy atom. The summed E-state index contributed by atoms with van der Waals surface area (Å²) in [5.41, 5.74) is 0.897. The van der Waals surface area contributed by atoms with E-state index in [4.69, 9.17) is 0 Å². The molecule has 0 saturated carbocycles. The van der Waals surface area contributed by atoms with E-state index in [1.807, 2.05) is 6.92 Å². The maximum atomic E-state index is 12.0. The quantitative estimate of drug-likeness (QED) is 0.756. The van der Waals surface area contributed by atoms with Gasteiger partial charge in [0.25, 0.3) is 0 Å². The average molecular weight is 268 g/mol. The predicted molar refractivity (Wildman–Crippen MR) is 75.5 cm³/mol. The molecule has 0 aromatic carbocycles. The van der Waals surface area contributed by atoms with Crippen molar-refractivity contribution < 1.29 is 9.59 Å². The summed E-state index contributed by atoms with van der Waals surface area (Å²) >= 11 is 0. The summed E-state index contributed by atoms with van der Waals surface area (Å²) in [5.74, 6) is -0.0992. The van der Waals surface area contributed by atoms with Gasteiger partial charge in [-0.05, 0) is 30.2 Å². The van der Waals surface area contributed by atoms with Crippen LogP contribution in [0, 0.1) is 5.92 Å². The van der Waals surface area contributed by atoms with Crippen molar-refractivity contribution in [3.05, 3.63) is 60.2 Å². The number of hydrogen-bond acceptors (Lipinski definition) is 4. The fourth-order valence-electron chi connectivity index (χ4n) is 1.97. The molecule has 4 heteroatoms. The number of carbonyl (C=O) groups is 2. The van der Waals surface area contributed by atoms with E-state index in [2.05, 4.69) is 9.97 Å². The average Bonchev–Trinajstić information content (AvgIpc) is 2.49. The van der Waals surface area contributed by atoms with E-state index < -0.39 is 0 Å². The van der Waals surface area contributed by atoms with Gasteiger partial charge in [0, 0.05) is 25.2 Å². The normalized spacial score (nSPS) is 10.5. The Labute approximate surface area is 117 Å². The molecule has 0 aliphatic heterocycles. The van der Waals surface area contributed by atoms with Gasteiger partial charge in [0.15, 0.2) is 11.6 Å². The molecular weight excluding hydrogens is 252 g/mol. The summed E-state index contributed by atoms with van der Waals surface area (Å²) in [4.78, 5) is 32.0. The van der Waals surface area contributed by atoms with Gasteiger partial charge in [-0.3, -0.25) is 19.6 Å². The Morgan fingerprint density at radius 3 is 1.70 bits per heavy atom. The molecule has 102 valence electrons. The summed E-state index contributed by atoms with van der Waals surface area (Å²) in [6.07, 6.45) is 3.82. The largest absolute Gasteiger partial charge is 0.292 e. The minimum Gasteiger partial charge on any atom is -0.292 e. The third-order valence-electron chi connectivity index (χ3n) is 2.97. The number of hydrogen-bond donors (Lipinski definition) is 0. The lowest BCUT2D eigenvalue weighted by Crippen LogP contribution is -2.12. The van der Waals surface area contributed by atoms with Gasteiger partial charge in [0.05, 0.1) is 0 Å². The van der Waals surface area contributed by atoms with Crippen molar-refractivity contribution in [3.8, 4) is 0 Å². The minimum atomic E-state index is -0.0353.